The number of amides is 4. The molecule has 25 heavy (non-hydrogen) atoms. The highest BCUT2D eigenvalue weighted by Crippen LogP contribution is 2.33. The zero-order chi connectivity index (χ0) is 18.0. The molecule has 0 radical (unpaired) electrons. The van der Waals surface area contributed by atoms with E-state index < -0.39 is 29.3 Å². The molecule has 6 nitrogen and oxygen atoms in total. The highest BCUT2D eigenvalue weighted by Gasteiger charge is 2.53. The number of imide groups is 1. The van der Waals surface area contributed by atoms with E-state index in [1.165, 1.54) is 25.1 Å². The van der Waals surface area contributed by atoms with Crippen LogP contribution < -0.4 is 10.6 Å². The van der Waals surface area contributed by atoms with Crippen LogP contribution >= 0.6 is 0 Å². The van der Waals surface area contributed by atoms with Crippen molar-refractivity contribution in [3.63, 3.8) is 0 Å². The van der Waals surface area contributed by atoms with Gasteiger partial charge in [-0.3, -0.25) is 9.59 Å². The molecule has 1 saturated heterocycles. The van der Waals surface area contributed by atoms with Gasteiger partial charge in [-0.1, -0.05) is 37.8 Å². The number of carbonyl (C=O) groups is 3. The van der Waals surface area contributed by atoms with Gasteiger partial charge in [0.25, 0.3) is 5.91 Å². The van der Waals surface area contributed by atoms with Gasteiger partial charge in [0.1, 0.15) is 17.4 Å². The third kappa shape index (κ3) is 3.23. The van der Waals surface area contributed by atoms with Gasteiger partial charge in [0.2, 0.25) is 5.91 Å². The van der Waals surface area contributed by atoms with E-state index in [0.717, 1.165) is 30.6 Å². The fourth-order valence-corrected chi connectivity index (χ4v) is 3.58. The molecule has 0 unspecified atom stereocenters. The molecule has 134 valence electrons. The third-order valence-electron chi connectivity index (χ3n) is 5.05. The van der Waals surface area contributed by atoms with Crippen molar-refractivity contribution < 1.29 is 18.8 Å². The minimum absolute atomic E-state index is 0.0237. The van der Waals surface area contributed by atoms with Crippen LogP contribution in [0.25, 0.3) is 0 Å². The normalized spacial score (nSPS) is 21.0. The Kier molecular flexibility index (Phi) is 4.74. The molecule has 1 aromatic carbocycles. The molecule has 1 heterocycles. The number of carbonyl (C=O) groups excluding carboxylic acids is 3. The van der Waals surface area contributed by atoms with Crippen LogP contribution in [-0.2, 0) is 9.59 Å². The zero-order valence-corrected chi connectivity index (χ0v) is 14.2. The van der Waals surface area contributed by atoms with Gasteiger partial charge >= 0.3 is 6.03 Å². The van der Waals surface area contributed by atoms with Gasteiger partial charge in [-0.25, -0.2) is 14.1 Å². The number of anilines is 1. The van der Waals surface area contributed by atoms with E-state index in [1.807, 2.05) is 0 Å². The molecule has 1 atom stereocenters. The second kappa shape index (κ2) is 6.82. The van der Waals surface area contributed by atoms with Crippen LogP contribution in [0.4, 0.5) is 14.9 Å². The zero-order valence-electron chi connectivity index (χ0n) is 14.2. The summed E-state index contributed by atoms with van der Waals surface area (Å²) in [6.45, 7) is 1.48. The quantitative estimate of drug-likeness (QED) is 0.825. The molecule has 2 fully saturated rings. The molecule has 3 rings (SSSR count). The number of nitrogens with one attached hydrogen (secondary N) is 2. The number of halogens is 1. The fraction of sp³-hybridized carbons (Fsp3) is 0.500. The molecule has 4 amide bonds. The molecule has 2 aliphatic rings. The maximum Gasteiger partial charge on any atom is 0.325 e. The summed E-state index contributed by atoms with van der Waals surface area (Å²) in [6.07, 6.45) is 5.00. The van der Waals surface area contributed by atoms with Crippen LogP contribution in [0, 0.1) is 5.82 Å². The van der Waals surface area contributed by atoms with Crippen molar-refractivity contribution in [1.82, 2.24) is 10.2 Å². The van der Waals surface area contributed by atoms with Gasteiger partial charge in [0.15, 0.2) is 0 Å². The lowest BCUT2D eigenvalue weighted by Crippen LogP contribution is -2.49. The topological polar surface area (TPSA) is 78.5 Å². The standard InChI is InChI=1S/C18H22FN3O3/c1-12(15(23)20-14-9-5-4-8-13(14)19)22-16(24)18(21-17(22)25)10-6-2-3-7-11-18/h4-5,8-9,12H,2-3,6-7,10-11H2,1H3,(H,20,23)(H,21,25)/t12-/m0/s1. The van der Waals surface area contributed by atoms with Crippen LogP contribution in [0.15, 0.2) is 24.3 Å². The third-order valence-corrected chi connectivity index (χ3v) is 5.05. The number of para-hydroxylation sites is 1. The van der Waals surface area contributed by atoms with Crippen molar-refractivity contribution >= 4 is 23.5 Å². The second-order valence-electron chi connectivity index (χ2n) is 6.75. The Bertz CT molecular complexity index is 699. The minimum atomic E-state index is -1.02. The first-order valence-corrected chi connectivity index (χ1v) is 8.66. The Morgan fingerprint density at radius 1 is 1.20 bits per heavy atom. The van der Waals surface area contributed by atoms with Crippen molar-refractivity contribution in [3.05, 3.63) is 30.1 Å². The summed E-state index contributed by atoms with van der Waals surface area (Å²) >= 11 is 0. The van der Waals surface area contributed by atoms with Crippen molar-refractivity contribution in [3.8, 4) is 0 Å². The van der Waals surface area contributed by atoms with Crippen LogP contribution in [0.1, 0.15) is 45.4 Å². The molecule has 1 aliphatic carbocycles. The van der Waals surface area contributed by atoms with Crippen LogP contribution in [0.3, 0.4) is 0 Å². The molecular weight excluding hydrogens is 325 g/mol. The SMILES string of the molecule is C[C@@H](C(=O)Nc1ccccc1F)N1C(=O)NC2(CCCCCC2)C1=O. The second-order valence-corrected chi connectivity index (χ2v) is 6.75. The van der Waals surface area contributed by atoms with Crippen LogP contribution in [0.5, 0.6) is 0 Å². The number of hydrogen-bond donors (Lipinski definition) is 2. The van der Waals surface area contributed by atoms with Crippen LogP contribution in [-0.4, -0.2) is 34.3 Å². The van der Waals surface area contributed by atoms with E-state index in [1.54, 1.807) is 6.07 Å². The van der Waals surface area contributed by atoms with Crippen molar-refractivity contribution in [2.75, 3.05) is 5.32 Å². The van der Waals surface area contributed by atoms with Gasteiger partial charge in [0, 0.05) is 0 Å². The predicted octanol–water partition coefficient (Wildman–Crippen LogP) is 2.80. The maximum atomic E-state index is 13.7. The molecule has 1 aromatic rings. The molecule has 2 N–H and O–H groups in total. The fourth-order valence-electron chi connectivity index (χ4n) is 3.58. The monoisotopic (exact) mass is 347 g/mol. The van der Waals surface area contributed by atoms with E-state index in [-0.39, 0.29) is 11.6 Å². The Hall–Kier alpha value is -2.44. The van der Waals surface area contributed by atoms with Crippen LogP contribution in [0.2, 0.25) is 0 Å². The Morgan fingerprint density at radius 3 is 2.48 bits per heavy atom. The average molecular weight is 347 g/mol. The van der Waals surface area contributed by atoms with Crippen molar-refractivity contribution in [2.24, 2.45) is 0 Å². The molecule has 1 aliphatic heterocycles. The molecule has 0 aromatic heterocycles. The van der Waals surface area contributed by atoms with Crippen molar-refractivity contribution in [2.45, 2.75) is 57.0 Å². The Balaban J connectivity index is 1.76. The number of urea groups is 1. The maximum absolute atomic E-state index is 13.7. The summed E-state index contributed by atoms with van der Waals surface area (Å²) in [7, 11) is 0. The Labute approximate surface area is 145 Å². The molecule has 1 spiro atoms. The number of benzene rings is 1. The number of hydrogen-bond acceptors (Lipinski definition) is 3. The highest BCUT2D eigenvalue weighted by atomic mass is 19.1. The first-order valence-electron chi connectivity index (χ1n) is 8.66. The van der Waals surface area contributed by atoms with E-state index >= 15 is 0 Å². The number of rotatable bonds is 3. The summed E-state index contributed by atoms with van der Waals surface area (Å²) in [5, 5.41) is 5.25. The average Bonchev–Trinajstić information content (AvgIpc) is 2.74. The van der Waals surface area contributed by atoms with Gasteiger partial charge in [-0.15, -0.1) is 0 Å². The molecule has 0 bridgehead atoms. The Morgan fingerprint density at radius 2 is 1.84 bits per heavy atom. The van der Waals surface area contributed by atoms with E-state index in [4.69, 9.17) is 0 Å². The van der Waals surface area contributed by atoms with Gasteiger partial charge in [-0.05, 0) is 31.9 Å². The summed E-state index contributed by atoms with van der Waals surface area (Å²) in [6, 6.07) is 4.20. The summed E-state index contributed by atoms with van der Waals surface area (Å²) in [4.78, 5) is 38.7. The number of nitrogens with zero attached hydrogens (tertiary/aromatic N) is 1. The largest absolute Gasteiger partial charge is 0.325 e. The summed E-state index contributed by atoms with van der Waals surface area (Å²) in [5.41, 5.74) is -0.865. The summed E-state index contributed by atoms with van der Waals surface area (Å²) in [5.74, 6) is -1.52. The molecule has 7 heteroatoms. The minimum Gasteiger partial charge on any atom is -0.323 e. The van der Waals surface area contributed by atoms with E-state index in [0.29, 0.717) is 12.8 Å². The lowest BCUT2D eigenvalue weighted by molar-refractivity contribution is -0.136. The van der Waals surface area contributed by atoms with Crippen molar-refractivity contribution in [1.29, 1.82) is 0 Å². The van der Waals surface area contributed by atoms with E-state index in [9.17, 15) is 18.8 Å². The van der Waals surface area contributed by atoms with E-state index in [2.05, 4.69) is 10.6 Å². The first kappa shape index (κ1) is 17.4. The molecular formula is C18H22FN3O3. The first-order chi connectivity index (χ1) is 11.9. The summed E-state index contributed by atoms with van der Waals surface area (Å²) < 4.78 is 13.7. The predicted molar refractivity (Wildman–Crippen MR) is 90.3 cm³/mol. The van der Waals surface area contributed by atoms with Gasteiger partial charge < -0.3 is 10.6 Å². The van der Waals surface area contributed by atoms with Gasteiger partial charge in [0.05, 0.1) is 5.69 Å². The smallest absolute Gasteiger partial charge is 0.323 e. The lowest BCUT2D eigenvalue weighted by atomic mass is 9.90. The lowest BCUT2D eigenvalue weighted by Gasteiger charge is -2.26. The van der Waals surface area contributed by atoms with Gasteiger partial charge in [-0.2, -0.15) is 0 Å². The molecule has 1 saturated carbocycles. The highest BCUT2D eigenvalue weighted by molar-refractivity contribution is 6.11.